The van der Waals surface area contributed by atoms with Crippen LogP contribution in [-0.2, 0) is 4.74 Å². The van der Waals surface area contributed by atoms with Crippen molar-refractivity contribution in [1.29, 1.82) is 0 Å². The first-order chi connectivity index (χ1) is 7.99. The van der Waals surface area contributed by atoms with Crippen LogP contribution in [0, 0.1) is 5.92 Å². The van der Waals surface area contributed by atoms with Crippen molar-refractivity contribution in [2.45, 2.75) is 45.4 Å². The number of rotatable bonds is 2. The van der Waals surface area contributed by atoms with Crippen LogP contribution in [0.2, 0.25) is 0 Å². The Labute approximate surface area is 104 Å². The van der Waals surface area contributed by atoms with E-state index in [4.69, 9.17) is 4.74 Å². The number of hydrogen-bond acceptors (Lipinski definition) is 2. The van der Waals surface area contributed by atoms with Gasteiger partial charge in [0.25, 0.3) is 0 Å². The van der Waals surface area contributed by atoms with Gasteiger partial charge in [-0.25, -0.2) is 0 Å². The Kier molecular flexibility index (Phi) is 3.55. The number of nitrogens with one attached hydrogen (secondary N) is 1. The van der Waals surface area contributed by atoms with Gasteiger partial charge in [-0.15, -0.1) is 0 Å². The van der Waals surface area contributed by atoms with Crippen molar-refractivity contribution in [2.75, 3.05) is 6.61 Å². The number of ether oxygens (including phenoxy) is 1. The van der Waals surface area contributed by atoms with Crippen molar-refractivity contribution >= 4 is 0 Å². The average molecular weight is 233 g/mol. The topological polar surface area (TPSA) is 21.3 Å². The van der Waals surface area contributed by atoms with Crippen molar-refractivity contribution in [2.24, 2.45) is 5.92 Å². The van der Waals surface area contributed by atoms with Crippen LogP contribution in [-0.4, -0.2) is 18.2 Å². The van der Waals surface area contributed by atoms with Crippen molar-refractivity contribution in [3.05, 3.63) is 35.9 Å². The third kappa shape index (κ3) is 2.88. The Hall–Kier alpha value is -0.860. The monoisotopic (exact) mass is 233 g/mol. The molecule has 0 saturated carbocycles. The Morgan fingerprint density at radius 1 is 1.24 bits per heavy atom. The van der Waals surface area contributed by atoms with E-state index in [-0.39, 0.29) is 11.6 Å². The molecule has 1 aliphatic rings. The minimum Gasteiger partial charge on any atom is -0.370 e. The Balaban J connectivity index is 2.22. The van der Waals surface area contributed by atoms with Gasteiger partial charge in [0.05, 0.1) is 12.7 Å². The molecule has 1 aromatic carbocycles. The Bertz CT molecular complexity index is 358. The smallest absolute Gasteiger partial charge is 0.0981 e. The van der Waals surface area contributed by atoms with E-state index in [1.165, 1.54) is 5.56 Å². The molecule has 17 heavy (non-hydrogen) atoms. The van der Waals surface area contributed by atoms with Crippen LogP contribution >= 0.6 is 0 Å². The van der Waals surface area contributed by atoms with E-state index >= 15 is 0 Å². The van der Waals surface area contributed by atoms with Gasteiger partial charge in [0.2, 0.25) is 0 Å². The summed E-state index contributed by atoms with van der Waals surface area (Å²) in [6.45, 7) is 9.65. The molecular formula is C15H23NO. The molecule has 1 aromatic rings. The quantitative estimate of drug-likeness (QED) is 0.847. The molecule has 1 N–H and O–H groups in total. The van der Waals surface area contributed by atoms with Crippen LogP contribution in [0.15, 0.2) is 30.3 Å². The molecule has 94 valence electrons. The highest BCUT2D eigenvalue weighted by Gasteiger charge is 2.37. The molecule has 0 aliphatic carbocycles. The molecular weight excluding hydrogens is 210 g/mol. The average Bonchev–Trinajstić information content (AvgIpc) is 2.29. The van der Waals surface area contributed by atoms with E-state index in [2.05, 4.69) is 57.3 Å². The summed E-state index contributed by atoms with van der Waals surface area (Å²) in [5.41, 5.74) is 1.34. The van der Waals surface area contributed by atoms with Gasteiger partial charge in [0.15, 0.2) is 0 Å². The van der Waals surface area contributed by atoms with Gasteiger partial charge in [-0.1, -0.05) is 44.2 Å². The second-order valence-corrected chi connectivity index (χ2v) is 5.94. The van der Waals surface area contributed by atoms with E-state index in [1.54, 1.807) is 0 Å². The normalized spacial score (nSPS) is 28.3. The molecule has 1 fully saturated rings. The summed E-state index contributed by atoms with van der Waals surface area (Å²) >= 11 is 0. The number of benzene rings is 1. The Morgan fingerprint density at radius 2 is 1.88 bits per heavy atom. The maximum absolute atomic E-state index is 6.09. The lowest BCUT2D eigenvalue weighted by atomic mass is 9.88. The van der Waals surface area contributed by atoms with Crippen molar-refractivity contribution in [3.8, 4) is 0 Å². The van der Waals surface area contributed by atoms with Gasteiger partial charge in [-0.3, -0.25) is 0 Å². The van der Waals surface area contributed by atoms with Crippen LogP contribution in [0.5, 0.6) is 0 Å². The second kappa shape index (κ2) is 4.79. The fourth-order valence-electron chi connectivity index (χ4n) is 2.43. The highest BCUT2D eigenvalue weighted by molar-refractivity contribution is 5.20. The van der Waals surface area contributed by atoms with E-state index in [9.17, 15) is 0 Å². The molecule has 2 rings (SSSR count). The summed E-state index contributed by atoms with van der Waals surface area (Å²) in [7, 11) is 0. The van der Waals surface area contributed by atoms with Crippen LogP contribution in [0.25, 0.3) is 0 Å². The molecule has 0 unspecified atom stereocenters. The second-order valence-electron chi connectivity index (χ2n) is 5.94. The third-order valence-electron chi connectivity index (χ3n) is 3.35. The highest BCUT2D eigenvalue weighted by atomic mass is 16.5. The van der Waals surface area contributed by atoms with Crippen LogP contribution in [0.1, 0.15) is 39.4 Å². The van der Waals surface area contributed by atoms with E-state index in [0.717, 1.165) is 6.61 Å². The first-order valence-corrected chi connectivity index (χ1v) is 6.44. The lowest BCUT2D eigenvalue weighted by Gasteiger charge is -2.44. The zero-order valence-electron chi connectivity index (χ0n) is 11.2. The summed E-state index contributed by atoms with van der Waals surface area (Å²) in [4.78, 5) is 0. The first kappa shape index (κ1) is 12.6. The summed E-state index contributed by atoms with van der Waals surface area (Å²) in [6, 6.07) is 10.9. The molecule has 1 heterocycles. The summed E-state index contributed by atoms with van der Waals surface area (Å²) < 4.78 is 6.09. The molecule has 2 nitrogen and oxygen atoms in total. The molecule has 2 heteroatoms. The maximum atomic E-state index is 6.09. The van der Waals surface area contributed by atoms with Gasteiger partial charge in [0.1, 0.15) is 0 Å². The zero-order valence-corrected chi connectivity index (χ0v) is 11.2. The van der Waals surface area contributed by atoms with Crippen LogP contribution in [0.4, 0.5) is 0 Å². The summed E-state index contributed by atoms with van der Waals surface area (Å²) in [5.74, 6) is 0.555. The minimum absolute atomic E-state index is 0.0697. The van der Waals surface area contributed by atoms with Crippen molar-refractivity contribution < 1.29 is 4.74 Å². The summed E-state index contributed by atoms with van der Waals surface area (Å²) in [6.07, 6.45) is 0.171. The molecule has 0 bridgehead atoms. The third-order valence-corrected chi connectivity index (χ3v) is 3.35. The lowest BCUT2D eigenvalue weighted by Crippen LogP contribution is -2.58. The highest BCUT2D eigenvalue weighted by Crippen LogP contribution is 2.31. The van der Waals surface area contributed by atoms with Gasteiger partial charge in [-0.05, 0) is 25.3 Å². The summed E-state index contributed by atoms with van der Waals surface area (Å²) in [5, 5.41) is 3.72. The number of morpholine rings is 1. The lowest BCUT2D eigenvalue weighted by molar-refractivity contribution is -0.0656. The van der Waals surface area contributed by atoms with Crippen LogP contribution < -0.4 is 5.32 Å². The first-order valence-electron chi connectivity index (χ1n) is 6.44. The largest absolute Gasteiger partial charge is 0.370 e. The Morgan fingerprint density at radius 3 is 2.47 bits per heavy atom. The van der Waals surface area contributed by atoms with Crippen molar-refractivity contribution in [3.63, 3.8) is 0 Å². The van der Waals surface area contributed by atoms with Gasteiger partial charge < -0.3 is 10.1 Å². The molecule has 1 aliphatic heterocycles. The number of hydrogen-bond donors (Lipinski definition) is 1. The van der Waals surface area contributed by atoms with Crippen molar-refractivity contribution in [1.82, 2.24) is 5.32 Å². The minimum atomic E-state index is 0.0697. The van der Waals surface area contributed by atoms with Gasteiger partial charge in [0, 0.05) is 11.6 Å². The maximum Gasteiger partial charge on any atom is 0.0981 e. The van der Waals surface area contributed by atoms with E-state index in [0.29, 0.717) is 12.0 Å². The molecule has 0 spiro atoms. The standard InChI is InChI=1S/C15H23NO/c1-11(2)13-14(12-8-6-5-7-9-12)17-10-15(3,4)16-13/h5-9,11,13-14,16H,10H2,1-4H3/t13-,14-/m0/s1. The van der Waals surface area contributed by atoms with E-state index in [1.807, 2.05) is 6.07 Å². The SMILES string of the molecule is CC(C)[C@@H]1NC(C)(C)CO[C@H]1c1ccccc1. The zero-order chi connectivity index (χ0) is 12.5. The van der Waals surface area contributed by atoms with Gasteiger partial charge in [-0.2, -0.15) is 0 Å². The fourth-order valence-corrected chi connectivity index (χ4v) is 2.43. The molecule has 1 saturated heterocycles. The molecule has 2 atom stereocenters. The van der Waals surface area contributed by atoms with Gasteiger partial charge >= 0.3 is 0 Å². The predicted molar refractivity (Wildman–Crippen MR) is 71.0 cm³/mol. The molecule has 0 aromatic heterocycles. The fraction of sp³-hybridized carbons (Fsp3) is 0.600. The predicted octanol–water partition coefficient (Wildman–Crippen LogP) is 3.15. The van der Waals surface area contributed by atoms with E-state index < -0.39 is 0 Å². The molecule has 0 amide bonds. The van der Waals surface area contributed by atoms with Crippen LogP contribution in [0.3, 0.4) is 0 Å². The molecule has 0 radical (unpaired) electrons.